The number of hydrogen-bond acceptors (Lipinski definition) is 4. The highest BCUT2D eigenvalue weighted by Crippen LogP contribution is 2.66. The van der Waals surface area contributed by atoms with Crippen molar-refractivity contribution in [2.24, 2.45) is 0 Å². The lowest BCUT2D eigenvalue weighted by molar-refractivity contribution is -0.925. The molecule has 1 aromatic rings. The summed E-state index contributed by atoms with van der Waals surface area (Å²) in [7, 11) is 0. The molecule has 2 bridgehead atoms. The first kappa shape index (κ1) is 12.5. The Balaban J connectivity index is 1.83. The van der Waals surface area contributed by atoms with E-state index < -0.39 is 30.1 Å². The normalized spacial score (nSPS) is 45.2. The number of phenols is 1. The molecule has 1 aromatic carbocycles. The second-order valence-electron chi connectivity index (χ2n) is 8.02. The van der Waals surface area contributed by atoms with Gasteiger partial charge in [-0.15, -0.1) is 6.58 Å². The van der Waals surface area contributed by atoms with Crippen molar-refractivity contribution >= 4 is 5.78 Å². The fourth-order valence-electron chi connectivity index (χ4n) is 6.03. The molecule has 1 spiro atoms. The van der Waals surface area contributed by atoms with Crippen molar-refractivity contribution in [3.63, 3.8) is 0 Å². The summed E-state index contributed by atoms with van der Waals surface area (Å²) in [6, 6.07) is 2.74. The Morgan fingerprint density at radius 1 is 1.56 bits per heavy atom. The van der Waals surface area contributed by atoms with Crippen molar-refractivity contribution in [1.29, 1.82) is 0 Å². The Bertz CT molecular complexity index is 915. The summed E-state index contributed by atoms with van der Waals surface area (Å²) in [5, 5.41) is 22.4. The molecule has 4 aliphatic rings. The molecular formula is C20H24NO4+. The molecule has 2 unspecified atom stereocenters. The number of carbonyl (C=O) groups excluding carboxylic acids is 1. The van der Waals surface area contributed by atoms with E-state index in [4.69, 9.17) is 8.85 Å². The Morgan fingerprint density at radius 2 is 2.40 bits per heavy atom. The number of aliphatic hydroxyl groups is 1. The summed E-state index contributed by atoms with van der Waals surface area (Å²) < 4.78 is 30.9. The van der Waals surface area contributed by atoms with Gasteiger partial charge in [0, 0.05) is 24.8 Å². The number of Topliss-reactive ketones (excluding diaryl/α,β-unsaturated/α-hetero) is 1. The van der Waals surface area contributed by atoms with Gasteiger partial charge < -0.3 is 19.4 Å². The van der Waals surface area contributed by atoms with Crippen molar-refractivity contribution in [2.75, 3.05) is 20.1 Å². The third-order valence-corrected chi connectivity index (χ3v) is 7.00. The van der Waals surface area contributed by atoms with Crippen molar-refractivity contribution in [3.05, 3.63) is 35.9 Å². The van der Waals surface area contributed by atoms with Gasteiger partial charge in [-0.05, 0) is 18.1 Å². The van der Waals surface area contributed by atoms with Crippen LogP contribution in [0.4, 0.5) is 0 Å². The van der Waals surface area contributed by atoms with Gasteiger partial charge in [-0.25, -0.2) is 0 Å². The first-order valence-corrected chi connectivity index (χ1v) is 8.87. The largest absolute Gasteiger partial charge is 0.504 e. The van der Waals surface area contributed by atoms with Gasteiger partial charge in [0.1, 0.15) is 17.1 Å². The van der Waals surface area contributed by atoms with Crippen molar-refractivity contribution in [2.45, 2.75) is 48.8 Å². The first-order chi connectivity index (χ1) is 13.1. The summed E-state index contributed by atoms with van der Waals surface area (Å²) in [4.78, 5) is 12.9. The summed E-state index contributed by atoms with van der Waals surface area (Å²) in [5.41, 5.74) is -0.994. The van der Waals surface area contributed by atoms with E-state index in [-0.39, 0.29) is 41.2 Å². The van der Waals surface area contributed by atoms with E-state index in [1.807, 2.05) is 0 Å². The maximum Gasteiger partial charge on any atom is 0.175 e. The van der Waals surface area contributed by atoms with Crippen LogP contribution in [-0.2, 0) is 16.6 Å². The van der Waals surface area contributed by atoms with Crippen LogP contribution in [0, 0.1) is 0 Å². The van der Waals surface area contributed by atoms with Gasteiger partial charge in [0.2, 0.25) is 0 Å². The quantitative estimate of drug-likeness (QED) is 0.643. The van der Waals surface area contributed by atoms with Crippen LogP contribution >= 0.6 is 0 Å². The summed E-state index contributed by atoms with van der Waals surface area (Å²) in [6.07, 6.45) is 1.97. The number of benzene rings is 1. The molecule has 25 heavy (non-hydrogen) atoms. The molecule has 0 amide bonds. The van der Waals surface area contributed by atoms with Crippen molar-refractivity contribution < 1.29 is 28.3 Å². The maximum absolute atomic E-state index is 12.9. The number of ether oxygens (including phenoxy) is 1. The molecule has 0 aromatic heterocycles. The number of nitrogens with zero attached hydrogens (tertiary/aromatic N) is 1. The number of hydrogen-bond donors (Lipinski definition) is 2. The number of ketones is 1. The van der Waals surface area contributed by atoms with Crippen LogP contribution in [0.3, 0.4) is 0 Å². The Hall–Kier alpha value is -1.85. The molecule has 1 saturated carbocycles. The third kappa shape index (κ3) is 1.51. The van der Waals surface area contributed by atoms with E-state index in [0.717, 1.165) is 5.56 Å². The standard InChI is InChI=1S/C20H23NO4/c1-3-4-9-21(2)11-19-16-12-5-6-13(22)17(16)25-18(19)14(23)7-8-20(19,24)15(21)10-12/h3,5-6,15,18,24H,1,4,7-11H2,2H3/p+1/t15?,18?,19-,20+,21-/m0/s1/i2D3. The molecule has 2 aliphatic carbocycles. The van der Waals surface area contributed by atoms with Crippen LogP contribution in [0.25, 0.3) is 0 Å². The van der Waals surface area contributed by atoms with E-state index in [2.05, 4.69) is 6.58 Å². The molecule has 2 aliphatic heterocycles. The van der Waals surface area contributed by atoms with Gasteiger partial charge in [-0.2, -0.15) is 0 Å². The molecule has 2 fully saturated rings. The van der Waals surface area contributed by atoms with Crippen LogP contribution in [0.2, 0.25) is 0 Å². The monoisotopic (exact) mass is 345 g/mol. The molecule has 5 nitrogen and oxygen atoms in total. The molecule has 132 valence electrons. The predicted octanol–water partition coefficient (Wildman–Crippen LogP) is 1.45. The Labute approximate surface area is 151 Å². The summed E-state index contributed by atoms with van der Waals surface area (Å²) in [6.45, 7) is 1.79. The SMILES string of the molecule is [2H]C([2H])([2H])[N@+]1(CCC=C)C[C@]23c4c5ccc(O)c4OC2C(=O)CC[C@@]3(O)C1C5. The number of likely N-dealkylation sites (N-methyl/N-ethyl adjacent to an activating group) is 1. The summed E-state index contributed by atoms with van der Waals surface area (Å²) >= 11 is 0. The number of quaternary nitrogens is 1. The predicted molar refractivity (Wildman–Crippen MR) is 91.6 cm³/mol. The third-order valence-electron chi connectivity index (χ3n) is 7.00. The van der Waals surface area contributed by atoms with Gasteiger partial charge >= 0.3 is 0 Å². The van der Waals surface area contributed by atoms with Crippen LogP contribution in [0.1, 0.15) is 34.5 Å². The van der Waals surface area contributed by atoms with Gasteiger partial charge in [0.25, 0.3) is 0 Å². The lowest BCUT2D eigenvalue weighted by atomic mass is 9.54. The highest BCUT2D eigenvalue weighted by atomic mass is 16.5. The number of rotatable bonds is 3. The minimum atomic E-state index is -2.37. The van der Waals surface area contributed by atoms with Gasteiger partial charge in [0.15, 0.2) is 23.4 Å². The number of aromatic hydroxyl groups is 1. The lowest BCUT2D eigenvalue weighted by Crippen LogP contribution is -2.67. The zero-order valence-corrected chi connectivity index (χ0v) is 14.0. The zero-order valence-electron chi connectivity index (χ0n) is 17.0. The van der Waals surface area contributed by atoms with E-state index in [1.165, 1.54) is 6.07 Å². The Morgan fingerprint density at radius 3 is 3.16 bits per heavy atom. The van der Waals surface area contributed by atoms with E-state index >= 15 is 0 Å². The second-order valence-corrected chi connectivity index (χ2v) is 8.02. The van der Waals surface area contributed by atoms with Crippen molar-refractivity contribution in [3.8, 4) is 11.5 Å². The number of phenolic OH excluding ortho intramolecular Hbond substituents is 1. The van der Waals surface area contributed by atoms with E-state index in [1.54, 1.807) is 12.1 Å². The highest BCUT2D eigenvalue weighted by Gasteiger charge is 2.80. The summed E-state index contributed by atoms with van der Waals surface area (Å²) in [5.74, 6) is 0.0334. The molecular weight excluding hydrogens is 318 g/mol. The second kappa shape index (κ2) is 4.46. The molecule has 5 heteroatoms. The van der Waals surface area contributed by atoms with Crippen LogP contribution in [-0.4, -0.2) is 58.3 Å². The maximum atomic E-state index is 12.9. The van der Waals surface area contributed by atoms with E-state index in [9.17, 15) is 15.0 Å². The van der Waals surface area contributed by atoms with Crippen LogP contribution in [0.15, 0.2) is 24.8 Å². The minimum absolute atomic E-state index is 0.0684. The molecule has 2 heterocycles. The minimum Gasteiger partial charge on any atom is -0.504 e. The smallest absolute Gasteiger partial charge is 0.175 e. The molecule has 1 saturated heterocycles. The lowest BCUT2D eigenvalue weighted by Gasteiger charge is -2.48. The average molecular weight is 345 g/mol. The molecule has 5 atom stereocenters. The van der Waals surface area contributed by atoms with E-state index in [0.29, 0.717) is 24.9 Å². The number of carbonyl (C=O) groups is 1. The zero-order chi connectivity index (χ0) is 20.1. The Kier molecular flexibility index (Phi) is 2.23. The average Bonchev–Trinajstić information content (AvgIpc) is 3.04. The van der Waals surface area contributed by atoms with Crippen molar-refractivity contribution in [1.82, 2.24) is 0 Å². The first-order valence-electron chi connectivity index (χ1n) is 10.4. The van der Waals surface area contributed by atoms with Crippen LogP contribution in [0.5, 0.6) is 11.5 Å². The molecule has 2 N–H and O–H groups in total. The van der Waals surface area contributed by atoms with Gasteiger partial charge in [-0.3, -0.25) is 4.79 Å². The molecule has 0 radical (unpaired) electrons. The van der Waals surface area contributed by atoms with Gasteiger partial charge in [0.05, 0.1) is 24.2 Å². The fraction of sp³-hybridized carbons (Fsp3) is 0.550. The fourth-order valence-corrected chi connectivity index (χ4v) is 6.03. The van der Waals surface area contributed by atoms with Gasteiger partial charge in [-0.1, -0.05) is 12.1 Å². The van der Waals surface area contributed by atoms with Crippen LogP contribution < -0.4 is 4.74 Å². The topological polar surface area (TPSA) is 66.8 Å². The molecule has 5 rings (SSSR count). The highest BCUT2D eigenvalue weighted by molar-refractivity contribution is 5.90. The number of likely N-dealkylation sites (tertiary alicyclic amines) is 1.